The fourth-order valence-electron chi connectivity index (χ4n) is 1.27. The number of halogens is 1. The standard InChI is InChI=1S/C11H11ClN2O4.K/c12-7-4-2-1-3-6(7)10(16)14-8(11(17)18)5-9(13)15;/h1-4,8H,5H2,(H2,13,15)(H,14,16)(H,17,18);/q;+1/p-1. The first-order valence-electron chi connectivity index (χ1n) is 4.94. The SMILES string of the molecule is N=C([O-])CC(NC(=O)c1ccccc1Cl)C(=O)O.[K+]. The van der Waals surface area contributed by atoms with E-state index in [-0.39, 0.29) is 62.0 Å². The van der Waals surface area contributed by atoms with Gasteiger partial charge in [0.15, 0.2) is 0 Å². The van der Waals surface area contributed by atoms with E-state index >= 15 is 0 Å². The van der Waals surface area contributed by atoms with Gasteiger partial charge in [0.05, 0.1) is 10.6 Å². The predicted octanol–water partition coefficient (Wildman–Crippen LogP) is -2.75. The van der Waals surface area contributed by atoms with E-state index < -0.39 is 30.2 Å². The van der Waals surface area contributed by atoms with Crippen LogP contribution in [0.4, 0.5) is 0 Å². The fraction of sp³-hybridized carbons (Fsp3) is 0.182. The summed E-state index contributed by atoms with van der Waals surface area (Å²) in [5.41, 5.74) is 0.114. The van der Waals surface area contributed by atoms with Gasteiger partial charge in [0.25, 0.3) is 5.91 Å². The maximum atomic E-state index is 11.7. The van der Waals surface area contributed by atoms with Crippen molar-refractivity contribution in [2.24, 2.45) is 0 Å². The summed E-state index contributed by atoms with van der Waals surface area (Å²) in [5, 5.41) is 28.4. The number of rotatable bonds is 5. The molecular formula is C11H10ClKN2O4. The number of benzene rings is 1. The zero-order valence-electron chi connectivity index (χ0n) is 10.1. The summed E-state index contributed by atoms with van der Waals surface area (Å²) >= 11 is 5.78. The molecule has 0 bridgehead atoms. The first-order valence-corrected chi connectivity index (χ1v) is 5.32. The Morgan fingerprint density at radius 3 is 2.47 bits per heavy atom. The number of carboxylic acid groups (broad SMARTS) is 1. The van der Waals surface area contributed by atoms with Crippen LogP contribution < -0.4 is 61.8 Å². The molecule has 0 aliphatic rings. The van der Waals surface area contributed by atoms with Gasteiger partial charge in [0.2, 0.25) is 0 Å². The van der Waals surface area contributed by atoms with Crippen molar-refractivity contribution >= 4 is 29.4 Å². The fourth-order valence-corrected chi connectivity index (χ4v) is 1.49. The van der Waals surface area contributed by atoms with E-state index in [1.54, 1.807) is 12.1 Å². The molecule has 0 heterocycles. The molecule has 0 aliphatic heterocycles. The average Bonchev–Trinajstić information content (AvgIpc) is 2.27. The Kier molecular flexibility index (Phi) is 8.47. The number of hydrogen-bond donors (Lipinski definition) is 3. The minimum Gasteiger partial charge on any atom is -0.862 e. The summed E-state index contributed by atoms with van der Waals surface area (Å²) in [4.78, 5) is 22.5. The zero-order valence-corrected chi connectivity index (χ0v) is 14.0. The number of carbonyl (C=O) groups is 2. The molecular weight excluding hydrogens is 299 g/mol. The number of hydrogen-bond acceptors (Lipinski definition) is 4. The molecule has 1 amide bonds. The van der Waals surface area contributed by atoms with Crippen LogP contribution in [0.15, 0.2) is 24.3 Å². The smallest absolute Gasteiger partial charge is 0.862 e. The molecule has 1 aromatic rings. The van der Waals surface area contributed by atoms with Crippen LogP contribution in [0.1, 0.15) is 16.8 Å². The first-order chi connectivity index (χ1) is 8.41. The molecule has 0 spiro atoms. The van der Waals surface area contributed by atoms with Gasteiger partial charge in [-0.25, -0.2) is 4.79 Å². The second kappa shape index (κ2) is 8.67. The number of amides is 1. The van der Waals surface area contributed by atoms with Crippen molar-refractivity contribution in [3.63, 3.8) is 0 Å². The van der Waals surface area contributed by atoms with Crippen molar-refractivity contribution < 1.29 is 71.2 Å². The molecule has 96 valence electrons. The molecule has 0 radical (unpaired) electrons. The van der Waals surface area contributed by atoms with Gasteiger partial charge in [0, 0.05) is 6.42 Å². The van der Waals surface area contributed by atoms with Crippen molar-refractivity contribution in [3.05, 3.63) is 34.9 Å². The first kappa shape index (κ1) is 18.6. The van der Waals surface area contributed by atoms with Crippen LogP contribution in [-0.2, 0) is 4.79 Å². The molecule has 8 heteroatoms. The van der Waals surface area contributed by atoms with E-state index in [4.69, 9.17) is 22.1 Å². The largest absolute Gasteiger partial charge is 1.00 e. The van der Waals surface area contributed by atoms with Crippen LogP contribution in [0, 0.1) is 5.41 Å². The van der Waals surface area contributed by atoms with Crippen molar-refractivity contribution in [1.29, 1.82) is 5.41 Å². The third-order valence-corrected chi connectivity index (χ3v) is 2.44. The van der Waals surface area contributed by atoms with Gasteiger partial charge in [-0.05, 0) is 18.0 Å². The Morgan fingerprint density at radius 2 is 2.00 bits per heavy atom. The van der Waals surface area contributed by atoms with Crippen LogP contribution in [0.2, 0.25) is 5.02 Å². The molecule has 1 atom stereocenters. The molecule has 0 aliphatic carbocycles. The van der Waals surface area contributed by atoms with E-state index in [1.807, 2.05) is 0 Å². The summed E-state index contributed by atoms with van der Waals surface area (Å²) in [6.45, 7) is 0. The minimum absolute atomic E-state index is 0. The summed E-state index contributed by atoms with van der Waals surface area (Å²) in [6.07, 6.45) is -0.592. The number of aliphatic carboxylic acids is 1. The van der Waals surface area contributed by atoms with E-state index in [1.165, 1.54) is 12.1 Å². The normalized spacial score (nSPS) is 11.0. The zero-order chi connectivity index (χ0) is 13.7. The van der Waals surface area contributed by atoms with Crippen LogP contribution >= 0.6 is 11.6 Å². The van der Waals surface area contributed by atoms with Gasteiger partial charge in [-0.15, -0.1) is 0 Å². The monoisotopic (exact) mass is 308 g/mol. The molecule has 0 saturated carbocycles. The Morgan fingerprint density at radius 1 is 1.42 bits per heavy atom. The number of carbonyl (C=O) groups excluding carboxylic acids is 1. The van der Waals surface area contributed by atoms with Crippen molar-refractivity contribution in [2.45, 2.75) is 12.5 Å². The third kappa shape index (κ3) is 6.02. The molecule has 1 rings (SSSR count). The van der Waals surface area contributed by atoms with Gasteiger partial charge in [-0.3, -0.25) is 4.79 Å². The molecule has 0 saturated heterocycles. The van der Waals surface area contributed by atoms with Crippen molar-refractivity contribution in [1.82, 2.24) is 5.32 Å². The number of nitrogens with one attached hydrogen (secondary N) is 2. The number of carboxylic acids is 1. The van der Waals surface area contributed by atoms with E-state index in [2.05, 4.69) is 5.32 Å². The molecule has 0 fully saturated rings. The average molecular weight is 309 g/mol. The van der Waals surface area contributed by atoms with E-state index in [9.17, 15) is 14.7 Å². The van der Waals surface area contributed by atoms with Crippen LogP contribution in [0.25, 0.3) is 0 Å². The van der Waals surface area contributed by atoms with Gasteiger partial charge < -0.3 is 20.9 Å². The minimum atomic E-state index is -1.43. The molecule has 1 aromatic carbocycles. The predicted molar refractivity (Wildman–Crippen MR) is 62.7 cm³/mol. The van der Waals surface area contributed by atoms with Crippen molar-refractivity contribution in [2.75, 3.05) is 0 Å². The summed E-state index contributed by atoms with van der Waals surface area (Å²) in [7, 11) is 0. The summed E-state index contributed by atoms with van der Waals surface area (Å²) in [6, 6.07) is 4.69. The van der Waals surface area contributed by atoms with E-state index in [0.717, 1.165) is 0 Å². The maximum Gasteiger partial charge on any atom is 1.00 e. The van der Waals surface area contributed by atoms with Crippen LogP contribution in [0.3, 0.4) is 0 Å². The Balaban J connectivity index is 0.00000324. The van der Waals surface area contributed by atoms with Gasteiger partial charge >= 0.3 is 57.4 Å². The van der Waals surface area contributed by atoms with E-state index in [0.29, 0.717) is 0 Å². The topological polar surface area (TPSA) is 113 Å². The second-order valence-electron chi connectivity index (χ2n) is 3.47. The summed E-state index contributed by atoms with van der Waals surface area (Å²) in [5.74, 6) is -3.15. The summed E-state index contributed by atoms with van der Waals surface area (Å²) < 4.78 is 0. The second-order valence-corrected chi connectivity index (χ2v) is 3.88. The molecule has 6 nitrogen and oxygen atoms in total. The third-order valence-electron chi connectivity index (χ3n) is 2.11. The van der Waals surface area contributed by atoms with Gasteiger partial charge in [-0.2, -0.15) is 0 Å². The molecule has 19 heavy (non-hydrogen) atoms. The molecule has 0 aromatic heterocycles. The Hall–Kier alpha value is -0.444. The Bertz CT molecular complexity index is 495. The van der Waals surface area contributed by atoms with Gasteiger partial charge in [-0.1, -0.05) is 23.7 Å². The van der Waals surface area contributed by atoms with Crippen LogP contribution in [0.5, 0.6) is 0 Å². The Labute approximate surface area is 157 Å². The van der Waals surface area contributed by atoms with Crippen molar-refractivity contribution in [3.8, 4) is 0 Å². The quantitative estimate of drug-likeness (QED) is 0.311. The molecule has 3 N–H and O–H groups in total. The maximum absolute atomic E-state index is 11.7. The van der Waals surface area contributed by atoms with Crippen LogP contribution in [-0.4, -0.2) is 28.9 Å². The van der Waals surface area contributed by atoms with Gasteiger partial charge in [0.1, 0.15) is 6.04 Å². The molecule has 1 unspecified atom stereocenters.